The van der Waals surface area contributed by atoms with Gasteiger partial charge in [-0.2, -0.15) is 18.2 Å². The van der Waals surface area contributed by atoms with Gasteiger partial charge in [0.05, 0.1) is 11.7 Å². The molecule has 7 nitrogen and oxygen atoms in total. The predicted molar refractivity (Wildman–Crippen MR) is 152 cm³/mol. The third-order valence-electron chi connectivity index (χ3n) is 7.38. The Hall–Kier alpha value is -3.39. The quantitative estimate of drug-likeness (QED) is 0.306. The van der Waals surface area contributed by atoms with Gasteiger partial charge in [0.25, 0.3) is 0 Å². The lowest BCUT2D eigenvalue weighted by atomic mass is 9.85. The first-order valence-electron chi connectivity index (χ1n) is 13.4. The summed E-state index contributed by atoms with van der Waals surface area (Å²) in [5.74, 6) is -0.736. The molecule has 1 fully saturated rings. The number of hydrogen-bond donors (Lipinski definition) is 2. The summed E-state index contributed by atoms with van der Waals surface area (Å²) >= 11 is 0. The monoisotopic (exact) mass is 571 g/mol. The zero-order valence-electron chi connectivity index (χ0n) is 22.9. The van der Waals surface area contributed by atoms with Gasteiger partial charge in [-0.15, -0.1) is 0 Å². The van der Waals surface area contributed by atoms with Gasteiger partial charge in [0.2, 0.25) is 5.95 Å². The molecule has 0 radical (unpaired) electrons. The molecular formula is C29H33F3N5O2P. The normalized spacial score (nSPS) is 17.5. The van der Waals surface area contributed by atoms with E-state index in [1.807, 2.05) is 50.2 Å². The molecule has 11 heteroatoms. The number of anilines is 4. The standard InChI is InChI=1S/C29H33F3N5O2P/c1-17(2)25-21-15-20(12-11-19(21)13-14-37(25)27(38)29(30,31)32)34-28-33-16-22(18-9-10-18)26(36-28)35-23-7-5-6-8-24(23)40(3,4)39/h5-8,11-12,15-18,25H,9-10,13-14H2,1-4H3,(H2,33,34,35,36). The summed E-state index contributed by atoms with van der Waals surface area (Å²) in [5.41, 5.74) is 3.93. The van der Waals surface area contributed by atoms with Gasteiger partial charge in [-0.1, -0.05) is 32.0 Å². The van der Waals surface area contributed by atoms with Gasteiger partial charge < -0.3 is 20.1 Å². The second kappa shape index (κ2) is 10.5. The molecule has 2 heterocycles. The molecule has 1 aromatic heterocycles. The topological polar surface area (TPSA) is 87.2 Å². The Morgan fingerprint density at radius 3 is 2.45 bits per heavy atom. The number of amides is 1. The number of carbonyl (C=O) groups excluding carboxylic acids is 1. The van der Waals surface area contributed by atoms with Gasteiger partial charge in [-0.05, 0) is 79.8 Å². The van der Waals surface area contributed by atoms with Crippen LogP contribution in [0.15, 0.2) is 48.7 Å². The number of aromatic nitrogens is 2. The van der Waals surface area contributed by atoms with Crippen molar-refractivity contribution in [2.24, 2.45) is 5.92 Å². The van der Waals surface area contributed by atoms with E-state index in [1.165, 1.54) is 0 Å². The predicted octanol–water partition coefficient (Wildman–Crippen LogP) is 6.73. The summed E-state index contributed by atoms with van der Waals surface area (Å²) in [6.07, 6.45) is -0.709. The van der Waals surface area contributed by atoms with E-state index in [1.54, 1.807) is 25.6 Å². The molecule has 2 aromatic carbocycles. The third-order valence-corrected chi connectivity index (χ3v) is 8.94. The summed E-state index contributed by atoms with van der Waals surface area (Å²) in [5, 5.41) is 7.32. The van der Waals surface area contributed by atoms with Crippen LogP contribution in [0, 0.1) is 5.92 Å². The molecule has 0 saturated heterocycles. The summed E-state index contributed by atoms with van der Waals surface area (Å²) in [6.45, 7) is 7.11. The molecular weight excluding hydrogens is 538 g/mol. The van der Waals surface area contributed by atoms with Crippen molar-refractivity contribution >= 4 is 41.5 Å². The second-order valence-electron chi connectivity index (χ2n) is 11.2. The molecule has 1 aliphatic heterocycles. The van der Waals surface area contributed by atoms with Crippen molar-refractivity contribution in [2.75, 3.05) is 30.5 Å². The molecule has 2 N–H and O–H groups in total. The second-order valence-corrected chi connectivity index (χ2v) is 14.4. The minimum Gasteiger partial charge on any atom is -0.339 e. The largest absolute Gasteiger partial charge is 0.471 e. The number of alkyl halides is 3. The summed E-state index contributed by atoms with van der Waals surface area (Å²) < 4.78 is 53.0. The van der Waals surface area contributed by atoms with Crippen molar-refractivity contribution < 1.29 is 22.5 Å². The van der Waals surface area contributed by atoms with Crippen LogP contribution in [0.1, 0.15) is 55.3 Å². The molecule has 1 atom stereocenters. The Kier molecular flexibility index (Phi) is 7.42. The lowest BCUT2D eigenvalue weighted by molar-refractivity contribution is -0.189. The highest BCUT2D eigenvalue weighted by molar-refractivity contribution is 7.70. The number of para-hydroxylation sites is 1. The Morgan fingerprint density at radius 1 is 1.07 bits per heavy atom. The van der Waals surface area contributed by atoms with Gasteiger partial charge in [0, 0.05) is 29.3 Å². The SMILES string of the molecule is CC(C)C1c2cc(Nc3ncc(C4CC4)c(Nc4ccccc4P(C)(C)=O)n3)ccc2CCN1C(=O)C(F)(F)F. The smallest absolute Gasteiger partial charge is 0.339 e. The first-order chi connectivity index (χ1) is 18.8. The van der Waals surface area contributed by atoms with E-state index in [9.17, 15) is 22.5 Å². The summed E-state index contributed by atoms with van der Waals surface area (Å²) in [7, 11) is -2.55. The summed E-state index contributed by atoms with van der Waals surface area (Å²) in [4.78, 5) is 22.4. The van der Waals surface area contributed by atoms with Crippen LogP contribution in [0.5, 0.6) is 0 Å². The van der Waals surface area contributed by atoms with E-state index < -0.39 is 25.3 Å². The number of rotatable bonds is 7. The van der Waals surface area contributed by atoms with Gasteiger partial charge in [-0.3, -0.25) is 4.79 Å². The van der Waals surface area contributed by atoms with Crippen molar-refractivity contribution in [1.29, 1.82) is 0 Å². The lowest BCUT2D eigenvalue weighted by Crippen LogP contribution is -2.48. The fourth-order valence-electron chi connectivity index (χ4n) is 5.38. The van der Waals surface area contributed by atoms with E-state index >= 15 is 0 Å². The molecule has 1 unspecified atom stereocenters. The number of benzene rings is 2. The molecule has 40 heavy (non-hydrogen) atoms. The van der Waals surface area contributed by atoms with Gasteiger partial charge in [-0.25, -0.2) is 4.98 Å². The van der Waals surface area contributed by atoms with Crippen LogP contribution in [-0.2, 0) is 15.8 Å². The van der Waals surface area contributed by atoms with Crippen LogP contribution in [-0.4, -0.2) is 46.8 Å². The van der Waals surface area contributed by atoms with E-state index in [0.29, 0.717) is 35.4 Å². The van der Waals surface area contributed by atoms with Crippen molar-refractivity contribution in [1.82, 2.24) is 14.9 Å². The molecule has 3 aromatic rings. The van der Waals surface area contributed by atoms with Crippen LogP contribution in [0.4, 0.5) is 36.3 Å². The lowest BCUT2D eigenvalue weighted by Gasteiger charge is -2.40. The Labute approximate surface area is 232 Å². The van der Waals surface area contributed by atoms with Gasteiger partial charge >= 0.3 is 12.1 Å². The Balaban J connectivity index is 1.46. The highest BCUT2D eigenvalue weighted by atomic mass is 31.2. The van der Waals surface area contributed by atoms with Crippen molar-refractivity contribution in [2.45, 2.75) is 51.2 Å². The summed E-state index contributed by atoms with van der Waals surface area (Å²) in [6, 6.07) is 12.3. The van der Waals surface area contributed by atoms with Crippen LogP contribution in [0.2, 0.25) is 0 Å². The highest BCUT2D eigenvalue weighted by Gasteiger charge is 2.46. The van der Waals surface area contributed by atoms with Gasteiger partial charge in [0.1, 0.15) is 13.0 Å². The van der Waals surface area contributed by atoms with Crippen LogP contribution in [0.3, 0.4) is 0 Å². The van der Waals surface area contributed by atoms with Crippen molar-refractivity contribution in [3.63, 3.8) is 0 Å². The van der Waals surface area contributed by atoms with E-state index in [2.05, 4.69) is 15.6 Å². The van der Waals surface area contributed by atoms with E-state index in [-0.39, 0.29) is 12.5 Å². The van der Waals surface area contributed by atoms with Crippen LogP contribution in [0.25, 0.3) is 0 Å². The third kappa shape index (κ3) is 5.87. The Bertz CT molecular complexity index is 1480. The number of hydrogen-bond acceptors (Lipinski definition) is 6. The number of carbonyl (C=O) groups is 1. The van der Waals surface area contributed by atoms with Crippen molar-refractivity contribution in [3.8, 4) is 0 Å². The molecule has 2 aliphatic rings. The number of halogens is 3. The average Bonchev–Trinajstić information content (AvgIpc) is 3.72. The first kappa shape index (κ1) is 28.1. The fourth-order valence-corrected chi connectivity index (χ4v) is 6.54. The highest BCUT2D eigenvalue weighted by Crippen LogP contribution is 2.45. The maximum atomic E-state index is 13.3. The number of nitrogens with zero attached hydrogens (tertiary/aromatic N) is 3. The van der Waals surface area contributed by atoms with E-state index in [0.717, 1.165) is 39.9 Å². The molecule has 1 amide bonds. The van der Waals surface area contributed by atoms with E-state index in [4.69, 9.17) is 4.98 Å². The maximum Gasteiger partial charge on any atom is 0.471 e. The molecule has 1 saturated carbocycles. The Morgan fingerprint density at radius 2 is 1.80 bits per heavy atom. The molecule has 212 valence electrons. The minimum atomic E-state index is -4.93. The molecule has 5 rings (SSSR count). The molecule has 0 spiro atoms. The number of fused-ring (bicyclic) bond motifs is 1. The zero-order valence-corrected chi connectivity index (χ0v) is 23.8. The molecule has 1 aliphatic carbocycles. The fraction of sp³-hybridized carbons (Fsp3) is 0.414. The van der Waals surface area contributed by atoms with Crippen LogP contribution < -0.4 is 15.9 Å². The first-order valence-corrected chi connectivity index (χ1v) is 16.0. The maximum absolute atomic E-state index is 13.3. The zero-order chi connectivity index (χ0) is 28.8. The van der Waals surface area contributed by atoms with Crippen LogP contribution >= 0.6 is 7.14 Å². The van der Waals surface area contributed by atoms with Crippen molar-refractivity contribution in [3.05, 3.63) is 65.4 Å². The average molecular weight is 572 g/mol. The number of nitrogens with one attached hydrogen (secondary N) is 2. The minimum absolute atomic E-state index is 0.0195. The molecule has 0 bridgehead atoms. The van der Waals surface area contributed by atoms with Gasteiger partial charge in [0.15, 0.2) is 0 Å².